The van der Waals surface area contributed by atoms with Crippen LogP contribution >= 0.6 is 0 Å². The predicted octanol–water partition coefficient (Wildman–Crippen LogP) is 1.54. The number of hydrogen-bond donors (Lipinski definition) is 0. The van der Waals surface area contributed by atoms with Gasteiger partial charge in [0.25, 0.3) is 0 Å². The Bertz CT molecular complexity index is 700. The van der Waals surface area contributed by atoms with Gasteiger partial charge in [-0.3, -0.25) is 9.69 Å². The molecule has 7 heteroatoms. The molecule has 2 heterocycles. The van der Waals surface area contributed by atoms with E-state index in [4.69, 9.17) is 0 Å². The predicted molar refractivity (Wildman–Crippen MR) is 102 cm³/mol. The fourth-order valence-electron chi connectivity index (χ4n) is 3.76. The highest BCUT2D eigenvalue weighted by Crippen LogP contribution is 2.17. The Morgan fingerprint density at radius 2 is 1.73 bits per heavy atom. The molecule has 6 nitrogen and oxygen atoms in total. The maximum atomic E-state index is 12.6. The zero-order valence-corrected chi connectivity index (χ0v) is 16.3. The molecule has 0 radical (unpaired) electrons. The Balaban J connectivity index is 1.51. The maximum Gasteiger partial charge on any atom is 0.236 e. The molecule has 26 heavy (non-hydrogen) atoms. The van der Waals surface area contributed by atoms with Crippen LogP contribution in [0.5, 0.6) is 0 Å². The van der Waals surface area contributed by atoms with Crippen LogP contribution in [0.2, 0.25) is 0 Å². The van der Waals surface area contributed by atoms with E-state index < -0.39 is 10.0 Å². The summed E-state index contributed by atoms with van der Waals surface area (Å²) in [4.78, 5) is 16.6. The number of amides is 1. The fraction of sp³-hybridized carbons (Fsp3) is 0.632. The number of benzene rings is 1. The number of sulfonamides is 1. The van der Waals surface area contributed by atoms with E-state index >= 15 is 0 Å². The van der Waals surface area contributed by atoms with Crippen molar-refractivity contribution in [1.82, 2.24) is 14.1 Å². The van der Waals surface area contributed by atoms with Crippen molar-refractivity contribution < 1.29 is 13.2 Å². The number of hydrogen-bond acceptors (Lipinski definition) is 4. The molecule has 2 saturated heterocycles. The second-order valence-electron chi connectivity index (χ2n) is 7.34. The Morgan fingerprint density at radius 1 is 1.04 bits per heavy atom. The molecular weight excluding hydrogens is 350 g/mol. The number of piperidine rings is 1. The molecule has 0 spiro atoms. The standard InChI is InChI=1S/C19H29N3O3S/c1-17-7-5-6-10-21(17)15-19(23)20-11-13-22(14-12-20)26(24,25)16-18-8-3-2-4-9-18/h2-4,8-9,17H,5-7,10-16H2,1H3/t17-/m0/s1. The van der Waals surface area contributed by atoms with E-state index in [1.54, 1.807) is 0 Å². The van der Waals surface area contributed by atoms with E-state index in [1.165, 1.54) is 10.7 Å². The van der Waals surface area contributed by atoms with Gasteiger partial charge in [-0.15, -0.1) is 0 Å². The molecular formula is C19H29N3O3S. The Kier molecular flexibility index (Phi) is 6.32. The average molecular weight is 380 g/mol. The smallest absolute Gasteiger partial charge is 0.236 e. The van der Waals surface area contributed by atoms with E-state index in [0.29, 0.717) is 38.8 Å². The molecule has 144 valence electrons. The Morgan fingerprint density at radius 3 is 2.38 bits per heavy atom. The molecule has 0 saturated carbocycles. The summed E-state index contributed by atoms with van der Waals surface area (Å²) < 4.78 is 26.7. The number of carbonyl (C=O) groups excluding carboxylic acids is 1. The Hall–Kier alpha value is -1.44. The van der Waals surface area contributed by atoms with Crippen LogP contribution in [0.1, 0.15) is 31.7 Å². The molecule has 0 N–H and O–H groups in total. The van der Waals surface area contributed by atoms with Crippen molar-refractivity contribution in [2.75, 3.05) is 39.3 Å². The number of rotatable bonds is 5. The van der Waals surface area contributed by atoms with Gasteiger partial charge >= 0.3 is 0 Å². The summed E-state index contributed by atoms with van der Waals surface area (Å²) in [5, 5.41) is 0. The molecule has 0 aliphatic carbocycles. The lowest BCUT2D eigenvalue weighted by atomic mass is 10.0. The van der Waals surface area contributed by atoms with Crippen LogP contribution in [-0.4, -0.2) is 73.7 Å². The normalized spacial score (nSPS) is 23.1. The largest absolute Gasteiger partial charge is 0.339 e. The van der Waals surface area contributed by atoms with Gasteiger partial charge in [-0.25, -0.2) is 8.42 Å². The summed E-state index contributed by atoms with van der Waals surface area (Å²) in [5.41, 5.74) is 0.796. The van der Waals surface area contributed by atoms with Crippen molar-refractivity contribution >= 4 is 15.9 Å². The molecule has 1 aromatic rings. The zero-order chi connectivity index (χ0) is 18.6. The highest BCUT2D eigenvalue weighted by molar-refractivity contribution is 7.88. The molecule has 1 atom stereocenters. The topological polar surface area (TPSA) is 60.9 Å². The minimum absolute atomic E-state index is 0.0209. The van der Waals surface area contributed by atoms with Crippen LogP contribution in [0.4, 0.5) is 0 Å². The minimum Gasteiger partial charge on any atom is -0.339 e. The van der Waals surface area contributed by atoms with Gasteiger partial charge in [-0.2, -0.15) is 4.31 Å². The zero-order valence-electron chi connectivity index (χ0n) is 15.5. The third-order valence-electron chi connectivity index (χ3n) is 5.46. The van der Waals surface area contributed by atoms with Crippen molar-refractivity contribution in [3.05, 3.63) is 35.9 Å². The monoisotopic (exact) mass is 379 g/mol. The van der Waals surface area contributed by atoms with Crippen LogP contribution in [0.25, 0.3) is 0 Å². The van der Waals surface area contributed by atoms with E-state index in [2.05, 4.69) is 11.8 Å². The third kappa shape index (κ3) is 4.84. The molecule has 1 amide bonds. The highest BCUT2D eigenvalue weighted by atomic mass is 32.2. The van der Waals surface area contributed by atoms with Gasteiger partial charge in [0.15, 0.2) is 0 Å². The first-order valence-electron chi connectivity index (χ1n) is 9.49. The highest BCUT2D eigenvalue weighted by Gasteiger charge is 2.30. The van der Waals surface area contributed by atoms with Crippen LogP contribution < -0.4 is 0 Å². The first-order chi connectivity index (χ1) is 12.5. The van der Waals surface area contributed by atoms with Gasteiger partial charge in [-0.05, 0) is 31.9 Å². The SMILES string of the molecule is C[C@H]1CCCCN1CC(=O)N1CCN(S(=O)(=O)Cc2ccccc2)CC1. The molecule has 0 unspecified atom stereocenters. The fourth-order valence-corrected chi connectivity index (χ4v) is 5.27. The van der Waals surface area contributed by atoms with Gasteiger partial charge < -0.3 is 4.90 Å². The lowest BCUT2D eigenvalue weighted by Gasteiger charge is -2.37. The summed E-state index contributed by atoms with van der Waals surface area (Å²) in [6.45, 7) is 5.36. The second-order valence-corrected chi connectivity index (χ2v) is 9.31. The van der Waals surface area contributed by atoms with Gasteiger partial charge in [0.05, 0.1) is 12.3 Å². The third-order valence-corrected chi connectivity index (χ3v) is 7.31. The first-order valence-corrected chi connectivity index (χ1v) is 11.1. The van der Waals surface area contributed by atoms with Crippen LogP contribution in [0.3, 0.4) is 0 Å². The minimum atomic E-state index is -3.34. The van der Waals surface area contributed by atoms with E-state index in [0.717, 1.165) is 24.9 Å². The summed E-state index contributed by atoms with van der Waals surface area (Å²) in [5.74, 6) is 0.145. The molecule has 0 aromatic heterocycles. The van der Waals surface area contributed by atoms with E-state index in [9.17, 15) is 13.2 Å². The van der Waals surface area contributed by atoms with Crippen molar-refractivity contribution in [3.63, 3.8) is 0 Å². The van der Waals surface area contributed by atoms with Crippen molar-refractivity contribution in [2.24, 2.45) is 0 Å². The summed E-state index contributed by atoms with van der Waals surface area (Å²) in [6.07, 6.45) is 3.55. The first kappa shape index (κ1) is 19.3. The van der Waals surface area contributed by atoms with Gasteiger partial charge in [0.1, 0.15) is 0 Å². The average Bonchev–Trinajstić information content (AvgIpc) is 2.64. The lowest BCUT2D eigenvalue weighted by Crippen LogP contribution is -2.53. The number of likely N-dealkylation sites (tertiary alicyclic amines) is 1. The summed E-state index contributed by atoms with van der Waals surface area (Å²) >= 11 is 0. The summed E-state index contributed by atoms with van der Waals surface area (Å²) in [7, 11) is -3.34. The van der Waals surface area contributed by atoms with Crippen molar-refractivity contribution in [3.8, 4) is 0 Å². The Labute approximate surface area is 156 Å². The van der Waals surface area contributed by atoms with Gasteiger partial charge in [0, 0.05) is 32.2 Å². The van der Waals surface area contributed by atoms with E-state index in [1.807, 2.05) is 35.2 Å². The van der Waals surface area contributed by atoms with E-state index in [-0.39, 0.29) is 11.7 Å². The molecule has 3 rings (SSSR count). The van der Waals surface area contributed by atoms with Crippen LogP contribution in [-0.2, 0) is 20.6 Å². The van der Waals surface area contributed by atoms with Crippen LogP contribution in [0.15, 0.2) is 30.3 Å². The maximum absolute atomic E-state index is 12.6. The van der Waals surface area contributed by atoms with Crippen molar-refractivity contribution in [1.29, 1.82) is 0 Å². The van der Waals surface area contributed by atoms with Crippen LogP contribution in [0, 0.1) is 0 Å². The van der Waals surface area contributed by atoms with Crippen molar-refractivity contribution in [2.45, 2.75) is 38.0 Å². The lowest BCUT2D eigenvalue weighted by molar-refractivity contribution is -0.134. The quantitative estimate of drug-likeness (QED) is 0.779. The summed E-state index contributed by atoms with van der Waals surface area (Å²) in [6, 6.07) is 9.70. The molecule has 1 aromatic carbocycles. The second kappa shape index (κ2) is 8.50. The number of nitrogens with zero attached hydrogens (tertiary/aromatic N) is 3. The number of carbonyl (C=O) groups is 1. The molecule has 2 fully saturated rings. The van der Waals surface area contributed by atoms with Gasteiger partial charge in [0.2, 0.25) is 15.9 Å². The molecule has 2 aliphatic rings. The molecule has 0 bridgehead atoms. The molecule has 2 aliphatic heterocycles. The number of piperazine rings is 1. The van der Waals surface area contributed by atoms with Gasteiger partial charge in [-0.1, -0.05) is 36.8 Å².